The van der Waals surface area contributed by atoms with Crippen molar-refractivity contribution in [3.8, 4) is 28.6 Å². The molecule has 0 N–H and O–H groups in total. The molecule has 0 radical (unpaired) electrons. The van der Waals surface area contributed by atoms with E-state index in [1.807, 2.05) is 36.4 Å². The minimum Gasteiger partial charge on any atom is -0.456 e. The van der Waals surface area contributed by atoms with Gasteiger partial charge in [-0.1, -0.05) is 91.0 Å². The van der Waals surface area contributed by atoms with Crippen molar-refractivity contribution in [1.29, 1.82) is 5.26 Å². The van der Waals surface area contributed by atoms with Crippen LogP contribution in [-0.2, 0) is 0 Å². The standard InChI is InChI=1S/C49H27N3O2/c50-28-29-25-30(27-31(26-29)51-40-17-7-2-12-33(40)35-21-23-44-46(48(35)51)37-14-4-9-19-42(37)53-44)32-11-1-6-16-39(32)52-41-18-8-3-13-34(41)36-22-24-45-47(49(36)52)38-15-5-10-20-43(38)54-45/h1-27H. The molecule has 250 valence electrons. The zero-order valence-electron chi connectivity index (χ0n) is 28.7. The van der Waals surface area contributed by atoms with E-state index in [1.54, 1.807) is 0 Å². The summed E-state index contributed by atoms with van der Waals surface area (Å²) in [5.41, 5.74) is 12.2. The first kappa shape index (κ1) is 29.1. The molecule has 0 aliphatic carbocycles. The fourth-order valence-electron chi connectivity index (χ4n) is 8.92. The molecule has 5 heteroatoms. The van der Waals surface area contributed by atoms with Gasteiger partial charge in [0.05, 0.1) is 50.2 Å². The molecule has 0 saturated carbocycles. The van der Waals surface area contributed by atoms with E-state index in [0.717, 1.165) is 105 Å². The van der Waals surface area contributed by atoms with Gasteiger partial charge in [-0.05, 0) is 78.4 Å². The average molecular weight is 690 g/mol. The third kappa shape index (κ3) is 3.86. The van der Waals surface area contributed by atoms with E-state index in [2.05, 4.69) is 143 Å². The van der Waals surface area contributed by atoms with Gasteiger partial charge in [0.2, 0.25) is 0 Å². The molecule has 0 aliphatic rings. The van der Waals surface area contributed by atoms with Crippen molar-refractivity contribution in [3.05, 3.63) is 169 Å². The first-order chi connectivity index (χ1) is 26.7. The number of furan rings is 2. The van der Waals surface area contributed by atoms with Crippen LogP contribution in [0.4, 0.5) is 0 Å². The van der Waals surface area contributed by atoms with Gasteiger partial charge in [0.15, 0.2) is 0 Å². The van der Waals surface area contributed by atoms with Crippen LogP contribution in [0.15, 0.2) is 173 Å². The smallest absolute Gasteiger partial charge is 0.137 e. The van der Waals surface area contributed by atoms with Crippen LogP contribution in [0.1, 0.15) is 5.56 Å². The summed E-state index contributed by atoms with van der Waals surface area (Å²) in [5.74, 6) is 0. The van der Waals surface area contributed by atoms with Crippen LogP contribution in [0.5, 0.6) is 0 Å². The summed E-state index contributed by atoms with van der Waals surface area (Å²) >= 11 is 0. The zero-order chi connectivity index (χ0) is 35.5. The van der Waals surface area contributed by atoms with Gasteiger partial charge >= 0.3 is 0 Å². The zero-order valence-corrected chi connectivity index (χ0v) is 28.7. The van der Waals surface area contributed by atoms with E-state index < -0.39 is 0 Å². The second-order valence-corrected chi connectivity index (χ2v) is 14.0. The number of hydrogen-bond acceptors (Lipinski definition) is 3. The van der Waals surface area contributed by atoms with Crippen molar-refractivity contribution in [2.75, 3.05) is 0 Å². The molecule has 12 rings (SSSR count). The summed E-state index contributed by atoms with van der Waals surface area (Å²) in [5, 5.41) is 19.5. The van der Waals surface area contributed by atoms with Crippen molar-refractivity contribution < 1.29 is 8.83 Å². The van der Waals surface area contributed by atoms with Crippen LogP contribution < -0.4 is 0 Å². The highest BCUT2D eigenvalue weighted by molar-refractivity contribution is 6.26. The van der Waals surface area contributed by atoms with Crippen molar-refractivity contribution in [2.45, 2.75) is 0 Å². The van der Waals surface area contributed by atoms with Crippen molar-refractivity contribution >= 4 is 87.5 Å². The van der Waals surface area contributed by atoms with Gasteiger partial charge in [0, 0.05) is 43.6 Å². The molecule has 5 nitrogen and oxygen atoms in total. The maximum absolute atomic E-state index is 10.6. The highest BCUT2D eigenvalue weighted by Crippen LogP contribution is 2.44. The topological polar surface area (TPSA) is 59.9 Å². The number of para-hydroxylation sites is 5. The summed E-state index contributed by atoms with van der Waals surface area (Å²) in [6.45, 7) is 0. The molecular weight excluding hydrogens is 663 g/mol. The van der Waals surface area contributed by atoms with Crippen LogP contribution in [-0.4, -0.2) is 9.13 Å². The largest absolute Gasteiger partial charge is 0.456 e. The monoisotopic (exact) mass is 689 g/mol. The molecule has 54 heavy (non-hydrogen) atoms. The molecule has 4 heterocycles. The first-order valence-electron chi connectivity index (χ1n) is 18.1. The summed E-state index contributed by atoms with van der Waals surface area (Å²) in [6.07, 6.45) is 0. The maximum atomic E-state index is 10.6. The Labute approximate surface area is 307 Å². The fraction of sp³-hybridized carbons (Fsp3) is 0. The number of nitriles is 1. The predicted molar refractivity (Wildman–Crippen MR) is 220 cm³/mol. The summed E-state index contributed by atoms with van der Waals surface area (Å²) in [4.78, 5) is 0. The van der Waals surface area contributed by atoms with Gasteiger partial charge in [0.1, 0.15) is 22.3 Å². The van der Waals surface area contributed by atoms with Crippen LogP contribution in [0.25, 0.3) is 110 Å². The maximum Gasteiger partial charge on any atom is 0.137 e. The number of benzene rings is 8. The van der Waals surface area contributed by atoms with Crippen LogP contribution in [0, 0.1) is 11.3 Å². The lowest BCUT2D eigenvalue weighted by Crippen LogP contribution is -2.00. The molecule has 0 unspecified atom stereocenters. The number of fused-ring (bicyclic) bond motifs is 14. The number of aromatic nitrogens is 2. The van der Waals surface area contributed by atoms with E-state index >= 15 is 0 Å². The van der Waals surface area contributed by atoms with E-state index in [-0.39, 0.29) is 0 Å². The second kappa shape index (κ2) is 10.7. The van der Waals surface area contributed by atoms with Crippen LogP contribution in [0.3, 0.4) is 0 Å². The summed E-state index contributed by atoms with van der Waals surface area (Å²) in [6, 6.07) is 59.3. The predicted octanol–water partition coefficient (Wildman–Crippen LogP) is 13.2. The van der Waals surface area contributed by atoms with Crippen LogP contribution in [0.2, 0.25) is 0 Å². The molecule has 0 atom stereocenters. The van der Waals surface area contributed by atoms with Gasteiger partial charge in [-0.2, -0.15) is 5.26 Å². The lowest BCUT2D eigenvalue weighted by Gasteiger charge is -2.16. The quantitative estimate of drug-likeness (QED) is 0.185. The van der Waals surface area contributed by atoms with E-state index in [0.29, 0.717) is 5.56 Å². The van der Waals surface area contributed by atoms with Gasteiger partial charge in [0.25, 0.3) is 0 Å². The lowest BCUT2D eigenvalue weighted by atomic mass is 9.99. The Balaban J connectivity index is 1.19. The van der Waals surface area contributed by atoms with Crippen LogP contribution >= 0.6 is 0 Å². The Morgan fingerprint density at radius 1 is 0.426 bits per heavy atom. The Morgan fingerprint density at radius 2 is 0.944 bits per heavy atom. The summed E-state index contributed by atoms with van der Waals surface area (Å²) < 4.78 is 17.5. The van der Waals surface area contributed by atoms with Gasteiger partial charge < -0.3 is 18.0 Å². The third-order valence-corrected chi connectivity index (χ3v) is 11.1. The fourth-order valence-corrected chi connectivity index (χ4v) is 8.92. The van der Waals surface area contributed by atoms with Crippen molar-refractivity contribution in [3.63, 3.8) is 0 Å². The minimum atomic E-state index is 0.581. The molecule has 12 aromatic rings. The Hall–Kier alpha value is -7.55. The van der Waals surface area contributed by atoms with Gasteiger partial charge in [-0.3, -0.25) is 0 Å². The number of hydrogen-bond donors (Lipinski definition) is 0. The second-order valence-electron chi connectivity index (χ2n) is 14.0. The van der Waals surface area contributed by atoms with Gasteiger partial charge in [-0.25, -0.2) is 0 Å². The Kier molecular flexibility index (Phi) is 5.78. The van der Waals surface area contributed by atoms with E-state index in [1.165, 1.54) is 5.39 Å². The molecule has 8 aromatic carbocycles. The molecule has 4 aromatic heterocycles. The molecule has 0 saturated heterocycles. The highest BCUT2D eigenvalue weighted by atomic mass is 16.3. The number of rotatable bonds is 3. The summed E-state index contributed by atoms with van der Waals surface area (Å²) in [7, 11) is 0. The molecule has 0 fully saturated rings. The van der Waals surface area contributed by atoms with Crippen molar-refractivity contribution in [2.24, 2.45) is 0 Å². The molecular formula is C49H27N3O2. The van der Waals surface area contributed by atoms with Gasteiger partial charge in [-0.15, -0.1) is 0 Å². The Bertz CT molecular complexity index is 3590. The molecule has 0 spiro atoms. The average Bonchev–Trinajstić information content (AvgIpc) is 3.98. The molecule has 0 aliphatic heterocycles. The first-order valence-corrected chi connectivity index (χ1v) is 18.1. The normalized spacial score (nSPS) is 12.1. The molecule has 0 bridgehead atoms. The SMILES string of the molecule is N#Cc1cc(-c2ccccc2-n2c3ccccc3c3ccc4oc5ccccc5c4c32)cc(-n2c3ccccc3c3ccc4oc5ccccc5c4c32)c1. The van der Waals surface area contributed by atoms with E-state index in [4.69, 9.17) is 8.83 Å². The van der Waals surface area contributed by atoms with E-state index in [9.17, 15) is 5.26 Å². The molecule has 0 amide bonds. The minimum absolute atomic E-state index is 0.581. The lowest BCUT2D eigenvalue weighted by molar-refractivity contribution is 0.669. The van der Waals surface area contributed by atoms with Crippen molar-refractivity contribution in [1.82, 2.24) is 9.13 Å². The third-order valence-electron chi connectivity index (χ3n) is 11.1. The Morgan fingerprint density at radius 3 is 1.57 bits per heavy atom. The highest BCUT2D eigenvalue weighted by Gasteiger charge is 2.23. The number of nitrogens with zero attached hydrogens (tertiary/aromatic N) is 3.